The number of carbonyl (C=O) groups is 3. The van der Waals surface area contributed by atoms with Crippen LogP contribution in [0.2, 0.25) is 0 Å². The van der Waals surface area contributed by atoms with E-state index in [2.05, 4.69) is 11.9 Å². The first-order valence-electron chi connectivity index (χ1n) is 26.6. The topological polar surface area (TPSA) is 199 Å². The summed E-state index contributed by atoms with van der Waals surface area (Å²) in [7, 11) is 3.27. The standard InChI is InChI=1S/C62H61N5O13/c1-7-31-74-60-55-59(65-61(66-60)64-54-53-47(30-21-40-20-19-39-14-11-12-17-46(39)52(40)53)56(76-36(2)68)58(78-38(4)70)57(54)77-37(3)69)67(35-63-55)50-33-48(80-51-18-13-32-73-51)49(79-50)34-75-62(41-15-9-8-10-16-41,42-22-26-44(71-5)27-23-42)43-24-28-45(72-6)29-25-43/h7-12,14-17,19-30,35,48-51,54,56-58H,1,13,18,31-34H2,2-6H3,(H,64,65,66)/t48-,49+,50+,51-,54-,56-,57+,58+/m0/s1. The minimum Gasteiger partial charge on any atom is -0.497 e. The molecule has 3 aliphatic rings. The predicted octanol–water partition coefficient (Wildman–Crippen LogP) is 10.2. The van der Waals surface area contributed by atoms with Crippen LogP contribution in [-0.4, -0.2) is 102 Å². The number of imidazole rings is 1. The van der Waals surface area contributed by atoms with E-state index >= 15 is 0 Å². The van der Waals surface area contributed by atoms with Crippen LogP contribution in [0.15, 0.2) is 146 Å². The summed E-state index contributed by atoms with van der Waals surface area (Å²) in [6, 6.07) is 40.3. The maximum absolute atomic E-state index is 13.3. The molecule has 0 radical (unpaired) electrons. The van der Waals surface area contributed by atoms with Crippen molar-refractivity contribution in [2.75, 3.05) is 39.4 Å². The number of hydrogen-bond acceptors (Lipinski definition) is 17. The number of ether oxygens (including phenoxy) is 10. The van der Waals surface area contributed by atoms with Gasteiger partial charge in [-0.2, -0.15) is 9.97 Å². The number of aromatic nitrogens is 4. The molecule has 0 bridgehead atoms. The van der Waals surface area contributed by atoms with Crippen molar-refractivity contribution in [3.05, 3.63) is 174 Å². The summed E-state index contributed by atoms with van der Waals surface area (Å²) in [5.41, 5.74) is 3.20. The Morgan fingerprint density at radius 3 is 2.08 bits per heavy atom. The number of methoxy groups -OCH3 is 2. The van der Waals surface area contributed by atoms with Crippen molar-refractivity contribution in [1.29, 1.82) is 0 Å². The van der Waals surface area contributed by atoms with E-state index in [1.807, 2.05) is 132 Å². The van der Waals surface area contributed by atoms with Crippen molar-refractivity contribution < 1.29 is 61.8 Å². The molecular formula is C62H61N5O13. The van der Waals surface area contributed by atoms with E-state index in [0.29, 0.717) is 53.2 Å². The number of carbonyl (C=O) groups excluding carboxylic acids is 3. The highest BCUT2D eigenvalue weighted by molar-refractivity contribution is 6.10. The highest BCUT2D eigenvalue weighted by atomic mass is 16.7. The maximum atomic E-state index is 13.3. The number of nitrogens with zero attached hydrogens (tertiary/aromatic N) is 4. The zero-order valence-corrected chi connectivity index (χ0v) is 44.9. The summed E-state index contributed by atoms with van der Waals surface area (Å²) in [5.74, 6) is -0.457. The van der Waals surface area contributed by atoms with Crippen molar-refractivity contribution in [3.63, 3.8) is 0 Å². The van der Waals surface area contributed by atoms with Gasteiger partial charge in [-0.05, 0) is 74.5 Å². The second-order valence-corrected chi connectivity index (χ2v) is 19.8. The molecule has 1 N–H and O–H groups in total. The molecule has 8 aromatic rings. The fourth-order valence-corrected chi connectivity index (χ4v) is 11.4. The van der Waals surface area contributed by atoms with Crippen molar-refractivity contribution >= 4 is 56.6 Å². The van der Waals surface area contributed by atoms with Gasteiger partial charge in [0.2, 0.25) is 11.8 Å². The molecule has 4 heterocycles. The van der Waals surface area contributed by atoms with Crippen LogP contribution >= 0.6 is 0 Å². The number of fused-ring (bicyclic) bond motifs is 6. The van der Waals surface area contributed by atoms with Crippen LogP contribution in [0.5, 0.6) is 17.4 Å². The lowest BCUT2D eigenvalue weighted by Gasteiger charge is -2.42. The number of nitrogens with one attached hydrogen (secondary N) is 1. The summed E-state index contributed by atoms with van der Waals surface area (Å²) in [6.07, 6.45) is -1.06. The number of benzene rings is 6. The van der Waals surface area contributed by atoms with Gasteiger partial charge in [-0.25, -0.2) is 4.98 Å². The zero-order valence-electron chi connectivity index (χ0n) is 44.9. The molecule has 0 unspecified atom stereocenters. The summed E-state index contributed by atoms with van der Waals surface area (Å²) >= 11 is 0. The summed E-state index contributed by atoms with van der Waals surface area (Å²) in [6.45, 7) is 8.35. The van der Waals surface area contributed by atoms with Gasteiger partial charge in [0.15, 0.2) is 35.8 Å². The first-order valence-corrected chi connectivity index (χ1v) is 26.6. The lowest BCUT2D eigenvalue weighted by Crippen LogP contribution is -2.50. The Balaban J connectivity index is 1.02. The van der Waals surface area contributed by atoms with Gasteiger partial charge in [-0.1, -0.05) is 116 Å². The minimum absolute atomic E-state index is 0.0350. The molecule has 6 aromatic carbocycles. The highest BCUT2D eigenvalue weighted by Gasteiger charge is 2.51. The average Bonchev–Trinajstić information content (AvgIpc) is 3.57. The first-order chi connectivity index (χ1) is 39.0. The normalized spacial score (nSPS) is 21.7. The van der Waals surface area contributed by atoms with Crippen LogP contribution < -0.4 is 19.5 Å². The largest absolute Gasteiger partial charge is 0.497 e. The Kier molecular flexibility index (Phi) is 15.5. The van der Waals surface area contributed by atoms with Gasteiger partial charge in [0.25, 0.3) is 0 Å². The van der Waals surface area contributed by atoms with Gasteiger partial charge >= 0.3 is 17.9 Å². The molecule has 8 atom stereocenters. The van der Waals surface area contributed by atoms with Gasteiger partial charge in [0.1, 0.15) is 36.0 Å². The van der Waals surface area contributed by atoms with Crippen molar-refractivity contribution in [3.8, 4) is 17.4 Å². The number of hydrogen-bond donors (Lipinski definition) is 1. The third-order valence-corrected chi connectivity index (χ3v) is 14.8. The monoisotopic (exact) mass is 1080 g/mol. The van der Waals surface area contributed by atoms with Crippen LogP contribution in [0.1, 0.15) is 86.2 Å². The van der Waals surface area contributed by atoms with Crippen LogP contribution in [0.4, 0.5) is 5.95 Å². The SMILES string of the molecule is C=CCOc1nc(N[C@H]2c3c(ccc4ccc5ccccc5c34)[C@H](OC(C)=O)[C@@H](OC(C)=O)[C@@H]2OC(C)=O)nc2c1ncn2[C@H]1C[C@H](O[C@H]2CCCO2)[C@@H](COC(c2ccccc2)(c2ccc(OC)cc2)c2ccc(OC)cc2)O1. The molecule has 18 heteroatoms. The van der Waals surface area contributed by atoms with Gasteiger partial charge in [-0.15, -0.1) is 0 Å². The van der Waals surface area contributed by atoms with Crippen LogP contribution in [0, 0.1) is 0 Å². The van der Waals surface area contributed by atoms with E-state index < -0.39 is 72.6 Å². The Labute approximate surface area is 461 Å². The van der Waals surface area contributed by atoms with Gasteiger partial charge in [-0.3, -0.25) is 19.0 Å². The molecule has 0 saturated carbocycles. The molecular weight excluding hydrogens is 1020 g/mol. The van der Waals surface area contributed by atoms with E-state index in [0.717, 1.165) is 44.7 Å². The molecule has 1 aliphatic carbocycles. The van der Waals surface area contributed by atoms with Crippen LogP contribution in [0.3, 0.4) is 0 Å². The Bertz CT molecular complexity index is 3500. The molecule has 80 heavy (non-hydrogen) atoms. The van der Waals surface area contributed by atoms with Crippen molar-refractivity contribution in [1.82, 2.24) is 19.5 Å². The second-order valence-electron chi connectivity index (χ2n) is 19.8. The molecule has 2 saturated heterocycles. The fraction of sp³-hybridized carbons (Fsp3) is 0.323. The van der Waals surface area contributed by atoms with Gasteiger partial charge in [0.05, 0.1) is 39.3 Å². The highest BCUT2D eigenvalue weighted by Crippen LogP contribution is 2.49. The molecule has 2 fully saturated rings. The van der Waals surface area contributed by atoms with E-state index in [9.17, 15) is 14.4 Å². The molecule has 0 amide bonds. The summed E-state index contributed by atoms with van der Waals surface area (Å²) in [5, 5.41) is 6.94. The molecule has 2 aromatic heterocycles. The summed E-state index contributed by atoms with van der Waals surface area (Å²) in [4.78, 5) is 54.1. The third kappa shape index (κ3) is 10.5. The smallest absolute Gasteiger partial charge is 0.303 e. The molecule has 0 spiro atoms. The van der Waals surface area contributed by atoms with E-state index in [4.69, 9.17) is 62.3 Å². The molecule has 2 aliphatic heterocycles. The maximum Gasteiger partial charge on any atom is 0.303 e. The van der Waals surface area contributed by atoms with Crippen LogP contribution in [-0.2, 0) is 53.1 Å². The molecule has 412 valence electrons. The molecule has 11 rings (SSSR count). The van der Waals surface area contributed by atoms with Gasteiger partial charge < -0.3 is 52.7 Å². The lowest BCUT2D eigenvalue weighted by atomic mass is 9.77. The molecule has 18 nitrogen and oxygen atoms in total. The van der Waals surface area contributed by atoms with Crippen molar-refractivity contribution in [2.24, 2.45) is 0 Å². The predicted molar refractivity (Wildman–Crippen MR) is 295 cm³/mol. The minimum atomic E-state index is -1.31. The second kappa shape index (κ2) is 23.1. The van der Waals surface area contributed by atoms with E-state index in [-0.39, 0.29) is 25.0 Å². The Morgan fingerprint density at radius 1 is 0.762 bits per heavy atom. The summed E-state index contributed by atoms with van der Waals surface area (Å²) < 4.78 is 64.8. The fourth-order valence-electron chi connectivity index (χ4n) is 11.4. The number of rotatable bonds is 19. The van der Waals surface area contributed by atoms with E-state index in [1.165, 1.54) is 20.8 Å². The van der Waals surface area contributed by atoms with Crippen LogP contribution in [0.25, 0.3) is 32.7 Å². The first kappa shape index (κ1) is 53.6. The zero-order chi connectivity index (χ0) is 55.5. The van der Waals surface area contributed by atoms with Gasteiger partial charge in [0, 0.05) is 45.8 Å². The average molecular weight is 1080 g/mol. The Hall–Kier alpha value is -8.42. The number of anilines is 1. The quantitative estimate of drug-likeness (QED) is 0.0263. The third-order valence-electron chi connectivity index (χ3n) is 14.8. The number of esters is 3. The Morgan fingerprint density at radius 2 is 1.41 bits per heavy atom. The van der Waals surface area contributed by atoms with E-state index in [1.54, 1.807) is 26.6 Å². The van der Waals surface area contributed by atoms with Crippen molar-refractivity contribution in [2.45, 2.75) is 94.7 Å². The lowest BCUT2D eigenvalue weighted by molar-refractivity contribution is -0.187.